The van der Waals surface area contributed by atoms with Crippen molar-refractivity contribution in [2.24, 2.45) is 0 Å². The summed E-state index contributed by atoms with van der Waals surface area (Å²) >= 11 is 0. The SMILES string of the molecule is CCCC/C=C\CCCC/C=C\CCCC(=O)OC[C@@H](O)COP(=O)([O-])C(CCC)[N+](C)(C)CCC(O)O. The lowest BCUT2D eigenvalue weighted by molar-refractivity contribution is -0.905. The minimum Gasteiger partial charge on any atom is -0.774 e. The number of unbranched alkanes of at least 4 members (excludes halogenated alkanes) is 6. The van der Waals surface area contributed by atoms with Crippen molar-refractivity contribution in [2.75, 3.05) is 33.9 Å². The van der Waals surface area contributed by atoms with Crippen molar-refractivity contribution in [2.45, 2.75) is 115 Å². The van der Waals surface area contributed by atoms with Crippen molar-refractivity contribution >= 4 is 13.6 Å². The van der Waals surface area contributed by atoms with E-state index in [1.54, 1.807) is 14.1 Å². The van der Waals surface area contributed by atoms with Crippen LogP contribution < -0.4 is 4.89 Å². The molecule has 9 nitrogen and oxygen atoms in total. The summed E-state index contributed by atoms with van der Waals surface area (Å²) in [7, 11) is -1.01. The first-order chi connectivity index (χ1) is 18.0. The summed E-state index contributed by atoms with van der Waals surface area (Å²) in [6.45, 7) is 3.43. The van der Waals surface area contributed by atoms with Crippen LogP contribution in [0.5, 0.6) is 0 Å². The molecule has 0 aromatic rings. The monoisotopic (exact) mass is 563 g/mol. The summed E-state index contributed by atoms with van der Waals surface area (Å²) in [5.41, 5.74) is 0. The molecule has 0 aromatic heterocycles. The van der Waals surface area contributed by atoms with Gasteiger partial charge in [0.25, 0.3) is 0 Å². The molecule has 38 heavy (non-hydrogen) atoms. The quantitative estimate of drug-likeness (QED) is 0.0393. The van der Waals surface area contributed by atoms with Crippen LogP contribution in [0.1, 0.15) is 97.3 Å². The molecule has 3 atom stereocenters. The smallest absolute Gasteiger partial charge is 0.305 e. The first-order valence-corrected chi connectivity index (χ1v) is 15.8. The molecule has 0 fully saturated rings. The maximum Gasteiger partial charge on any atom is 0.305 e. The normalized spacial score (nSPS) is 15.8. The van der Waals surface area contributed by atoms with Gasteiger partial charge in [-0.3, -0.25) is 4.79 Å². The average Bonchev–Trinajstić information content (AvgIpc) is 2.86. The van der Waals surface area contributed by atoms with E-state index in [4.69, 9.17) is 19.5 Å². The zero-order chi connectivity index (χ0) is 28.9. The standard InChI is InChI=1S/C28H54NO8P/c1-5-7-8-9-10-11-12-13-14-15-16-17-18-20-28(33)36-23-25(30)24-37-38(34,35)26(19-6-2)29(3,4)22-21-27(31)32/h9-10,15-16,25-27,30-32H,5-8,11-14,17-24H2,1-4H3/b10-9-,16-15-/t25-,26?/m1/s1. The Kier molecular flexibility index (Phi) is 21.1. The Morgan fingerprint density at radius 1 is 0.868 bits per heavy atom. The Morgan fingerprint density at radius 2 is 1.42 bits per heavy atom. The predicted molar refractivity (Wildman–Crippen MR) is 149 cm³/mol. The molecule has 0 bridgehead atoms. The second-order valence-electron chi connectivity index (χ2n) is 10.5. The molecule has 0 aliphatic carbocycles. The summed E-state index contributed by atoms with van der Waals surface area (Å²) in [4.78, 5) is 24.8. The highest BCUT2D eigenvalue weighted by Crippen LogP contribution is 2.48. The van der Waals surface area contributed by atoms with Gasteiger partial charge >= 0.3 is 5.97 Å². The molecular formula is C28H54NO8P. The van der Waals surface area contributed by atoms with E-state index in [2.05, 4.69) is 31.2 Å². The lowest BCUT2D eigenvalue weighted by Crippen LogP contribution is -2.51. The van der Waals surface area contributed by atoms with Gasteiger partial charge in [0.2, 0.25) is 0 Å². The molecule has 0 radical (unpaired) electrons. The van der Waals surface area contributed by atoms with Crippen molar-refractivity contribution in [1.29, 1.82) is 0 Å². The number of rotatable bonds is 24. The van der Waals surface area contributed by atoms with Crippen LogP contribution in [0.4, 0.5) is 0 Å². The van der Waals surface area contributed by atoms with E-state index >= 15 is 0 Å². The van der Waals surface area contributed by atoms with Crippen LogP contribution in [0.2, 0.25) is 0 Å². The lowest BCUT2D eigenvalue weighted by Gasteiger charge is -2.44. The molecule has 0 saturated heterocycles. The summed E-state index contributed by atoms with van der Waals surface area (Å²) < 4.78 is 23.0. The zero-order valence-electron chi connectivity index (χ0n) is 24.1. The second-order valence-corrected chi connectivity index (χ2v) is 12.4. The minimum atomic E-state index is -4.40. The van der Waals surface area contributed by atoms with Gasteiger partial charge in [-0.15, -0.1) is 0 Å². The van der Waals surface area contributed by atoms with Gasteiger partial charge in [-0.05, 0) is 51.4 Å². The molecule has 0 heterocycles. The van der Waals surface area contributed by atoms with Crippen molar-refractivity contribution in [3.8, 4) is 0 Å². The molecule has 0 saturated carbocycles. The molecule has 0 rings (SSSR count). The Morgan fingerprint density at radius 3 is 1.95 bits per heavy atom. The van der Waals surface area contributed by atoms with Crippen LogP contribution in [0.15, 0.2) is 24.3 Å². The van der Waals surface area contributed by atoms with Crippen molar-refractivity contribution in [3.63, 3.8) is 0 Å². The number of aliphatic hydroxyl groups is 3. The third-order valence-electron chi connectivity index (χ3n) is 6.37. The van der Waals surface area contributed by atoms with Gasteiger partial charge < -0.3 is 38.5 Å². The Hall–Kier alpha value is -1.06. The molecule has 0 aromatic carbocycles. The Labute approximate surface area is 230 Å². The number of carbonyl (C=O) groups is 1. The van der Waals surface area contributed by atoms with Crippen LogP contribution in [-0.2, 0) is 18.6 Å². The van der Waals surface area contributed by atoms with E-state index < -0.39 is 38.3 Å². The van der Waals surface area contributed by atoms with Gasteiger partial charge in [0, 0.05) is 19.3 Å². The fraction of sp³-hybridized carbons (Fsp3) is 0.821. The number of carbonyl (C=O) groups excluding carboxylic acids is 1. The Bertz CT molecular complexity index is 711. The molecule has 0 spiro atoms. The number of quaternary nitrogens is 1. The molecule has 10 heteroatoms. The van der Waals surface area contributed by atoms with Gasteiger partial charge in [0.05, 0.1) is 27.2 Å². The summed E-state index contributed by atoms with van der Waals surface area (Å²) in [6, 6.07) is 0. The first-order valence-electron chi connectivity index (χ1n) is 14.2. The highest BCUT2D eigenvalue weighted by Gasteiger charge is 2.38. The largest absolute Gasteiger partial charge is 0.774 e. The second kappa shape index (κ2) is 21.7. The maximum absolute atomic E-state index is 12.8. The van der Waals surface area contributed by atoms with Crippen LogP contribution in [0.25, 0.3) is 0 Å². The van der Waals surface area contributed by atoms with Crippen LogP contribution in [0.3, 0.4) is 0 Å². The van der Waals surface area contributed by atoms with E-state index in [0.29, 0.717) is 19.3 Å². The number of hydrogen-bond acceptors (Lipinski definition) is 8. The van der Waals surface area contributed by atoms with E-state index in [9.17, 15) is 19.4 Å². The average molecular weight is 564 g/mol. The first kappa shape index (κ1) is 36.9. The van der Waals surface area contributed by atoms with Gasteiger partial charge in [-0.2, -0.15) is 0 Å². The highest BCUT2D eigenvalue weighted by molar-refractivity contribution is 7.51. The summed E-state index contributed by atoms with van der Waals surface area (Å²) in [6.07, 6.45) is 16.7. The van der Waals surface area contributed by atoms with E-state index in [-0.39, 0.29) is 30.5 Å². The number of nitrogens with zero attached hydrogens (tertiary/aromatic N) is 1. The minimum absolute atomic E-state index is 0.00222. The fourth-order valence-electron chi connectivity index (χ4n) is 4.01. The molecule has 0 aliphatic heterocycles. The number of allylic oxidation sites excluding steroid dienone is 4. The number of esters is 1. The molecular weight excluding hydrogens is 509 g/mol. The highest BCUT2D eigenvalue weighted by atomic mass is 31.2. The number of hydrogen-bond donors (Lipinski definition) is 3. The molecule has 3 N–H and O–H groups in total. The third kappa shape index (κ3) is 19.1. The van der Waals surface area contributed by atoms with Gasteiger partial charge in [-0.1, -0.05) is 51.0 Å². The topological polar surface area (TPSA) is 136 Å². The Balaban J connectivity index is 4.19. The van der Waals surface area contributed by atoms with E-state index in [1.165, 1.54) is 25.7 Å². The maximum atomic E-state index is 12.8. The van der Waals surface area contributed by atoms with Gasteiger partial charge in [0.1, 0.15) is 12.7 Å². The van der Waals surface area contributed by atoms with E-state index in [0.717, 1.165) is 25.7 Å². The summed E-state index contributed by atoms with van der Waals surface area (Å²) in [5.74, 6) is -1.34. The van der Waals surface area contributed by atoms with Crippen molar-refractivity contribution in [3.05, 3.63) is 24.3 Å². The predicted octanol–water partition coefficient (Wildman–Crippen LogP) is 4.40. The lowest BCUT2D eigenvalue weighted by atomic mass is 10.1. The van der Waals surface area contributed by atoms with Crippen molar-refractivity contribution < 1.29 is 43.3 Å². The molecule has 2 unspecified atom stereocenters. The van der Waals surface area contributed by atoms with Crippen LogP contribution in [0, 0.1) is 0 Å². The van der Waals surface area contributed by atoms with Crippen LogP contribution >= 0.6 is 7.60 Å². The third-order valence-corrected chi connectivity index (χ3v) is 8.49. The zero-order valence-corrected chi connectivity index (χ0v) is 25.0. The fourth-order valence-corrected chi connectivity index (χ4v) is 6.02. The molecule has 0 aliphatic rings. The van der Waals surface area contributed by atoms with Gasteiger partial charge in [0.15, 0.2) is 19.7 Å². The summed E-state index contributed by atoms with van der Waals surface area (Å²) in [5, 5.41) is 28.4. The molecule has 224 valence electrons. The van der Waals surface area contributed by atoms with Crippen LogP contribution in [-0.4, -0.2) is 77.8 Å². The number of ether oxygens (including phenoxy) is 1. The van der Waals surface area contributed by atoms with Crippen molar-refractivity contribution in [1.82, 2.24) is 0 Å². The number of aliphatic hydroxyl groups excluding tert-OH is 2. The molecule has 0 amide bonds. The van der Waals surface area contributed by atoms with Gasteiger partial charge in [-0.25, -0.2) is 0 Å². The van der Waals surface area contributed by atoms with E-state index in [1.807, 2.05) is 6.92 Å².